The van der Waals surface area contributed by atoms with Gasteiger partial charge in [0, 0.05) is 9.37 Å². The lowest BCUT2D eigenvalue weighted by Gasteiger charge is -1.98. The zero-order chi connectivity index (χ0) is 6.85. The van der Waals surface area contributed by atoms with Crippen LogP contribution in [0.15, 0.2) is 27.6 Å². The van der Waals surface area contributed by atoms with Crippen LogP contribution in [0, 0.1) is 6.92 Å². The first-order chi connectivity index (χ1) is 4.22. The van der Waals surface area contributed by atoms with E-state index in [1.165, 1.54) is 5.56 Å². The molecule has 0 bridgehead atoms. The smallest absolute Gasteiger partial charge is 0.0337 e. The van der Waals surface area contributed by atoms with Crippen LogP contribution in [-0.4, -0.2) is 0 Å². The molecule has 0 aliphatic carbocycles. The first-order valence-corrected chi connectivity index (χ1v) is 3.90. The van der Waals surface area contributed by atoms with Crippen LogP contribution in [0.2, 0.25) is 0 Å². The quantitative estimate of drug-likeness (QED) is 0.615. The average Bonchev–Trinajstić information content (AvgIpc) is 1.83. The lowest BCUT2D eigenvalue weighted by atomic mass is 10.2. The number of hydrogen-bond donors (Lipinski definition) is 1. The molecule has 0 saturated heterocycles. The van der Waals surface area contributed by atoms with E-state index in [0.717, 1.165) is 9.37 Å². The van der Waals surface area contributed by atoms with Gasteiger partial charge in [0.05, 0.1) is 0 Å². The third-order valence-electron chi connectivity index (χ3n) is 1.17. The van der Waals surface area contributed by atoms with Gasteiger partial charge in [0.15, 0.2) is 0 Å². The second-order valence-corrected chi connectivity index (χ2v) is 3.18. The van der Waals surface area contributed by atoms with Crippen molar-refractivity contribution in [2.75, 3.05) is 0 Å². The van der Waals surface area contributed by atoms with Crippen molar-refractivity contribution in [3.05, 3.63) is 28.2 Å². The second kappa shape index (κ2) is 2.76. The van der Waals surface area contributed by atoms with Crippen LogP contribution < -0.4 is 0 Å². The summed E-state index contributed by atoms with van der Waals surface area (Å²) in [4.78, 5) is 0.995. The van der Waals surface area contributed by atoms with E-state index in [9.17, 15) is 0 Å². The van der Waals surface area contributed by atoms with Crippen molar-refractivity contribution in [2.24, 2.45) is 0 Å². The summed E-state index contributed by atoms with van der Waals surface area (Å²) in [6, 6.07) is 5.99. The van der Waals surface area contributed by atoms with Gasteiger partial charge in [-0.05, 0) is 34.5 Å². The van der Waals surface area contributed by atoms with Crippen LogP contribution in [0.4, 0.5) is 0 Å². The van der Waals surface area contributed by atoms with Gasteiger partial charge in [-0.1, -0.05) is 12.1 Å². The molecule has 0 heterocycles. The van der Waals surface area contributed by atoms with Crippen molar-refractivity contribution in [1.29, 1.82) is 0 Å². The van der Waals surface area contributed by atoms with Crippen molar-refractivity contribution in [2.45, 2.75) is 11.8 Å². The van der Waals surface area contributed by atoms with Crippen LogP contribution in [0.1, 0.15) is 5.56 Å². The maximum atomic E-state index is 4.22. The zero-order valence-electron chi connectivity index (χ0n) is 5.06. The summed E-state index contributed by atoms with van der Waals surface area (Å²) in [5.74, 6) is 0. The Labute approximate surface area is 68.8 Å². The first kappa shape index (κ1) is 7.16. The maximum absolute atomic E-state index is 4.22. The molecule has 0 fully saturated rings. The molecular formula is C7H7BrS. The predicted octanol–water partition coefficient (Wildman–Crippen LogP) is 3.05. The van der Waals surface area contributed by atoms with Gasteiger partial charge < -0.3 is 0 Å². The predicted molar refractivity (Wildman–Crippen MR) is 46.1 cm³/mol. The molecular weight excluding hydrogens is 196 g/mol. The van der Waals surface area contributed by atoms with E-state index in [4.69, 9.17) is 0 Å². The number of hydrogen-bond acceptors (Lipinski definition) is 1. The average molecular weight is 203 g/mol. The van der Waals surface area contributed by atoms with E-state index in [-0.39, 0.29) is 0 Å². The summed E-state index contributed by atoms with van der Waals surface area (Å²) >= 11 is 7.62. The third kappa shape index (κ3) is 1.49. The SMILES string of the molecule is Cc1cccc(S)c1Br. The standard InChI is InChI=1S/C7H7BrS/c1-5-3-2-4-6(9)7(5)8/h2-4,9H,1H3. The molecule has 0 aliphatic heterocycles. The van der Waals surface area contributed by atoms with Gasteiger partial charge in [0.25, 0.3) is 0 Å². The van der Waals surface area contributed by atoms with Crippen molar-refractivity contribution < 1.29 is 0 Å². The number of thiol groups is 1. The molecule has 0 amide bonds. The minimum absolute atomic E-state index is 0.995. The molecule has 9 heavy (non-hydrogen) atoms. The van der Waals surface area contributed by atoms with Crippen molar-refractivity contribution in [1.82, 2.24) is 0 Å². The number of aryl methyl sites for hydroxylation is 1. The lowest BCUT2D eigenvalue weighted by Crippen LogP contribution is -1.74. The highest BCUT2D eigenvalue weighted by molar-refractivity contribution is 9.10. The Balaban J connectivity index is 3.25. The molecule has 1 aromatic rings. The highest BCUT2D eigenvalue weighted by Gasteiger charge is 1.94. The summed E-state index contributed by atoms with van der Waals surface area (Å²) in [6.07, 6.45) is 0. The van der Waals surface area contributed by atoms with E-state index >= 15 is 0 Å². The van der Waals surface area contributed by atoms with E-state index in [1.54, 1.807) is 0 Å². The molecule has 0 saturated carbocycles. The Bertz CT molecular complexity index is 200. The Morgan fingerprint density at radius 1 is 1.44 bits per heavy atom. The normalized spacial score (nSPS) is 9.67. The van der Waals surface area contributed by atoms with E-state index in [2.05, 4.69) is 28.6 Å². The van der Waals surface area contributed by atoms with Gasteiger partial charge in [-0.15, -0.1) is 12.6 Å². The molecule has 0 atom stereocenters. The van der Waals surface area contributed by atoms with Gasteiger partial charge in [0.2, 0.25) is 0 Å². The number of rotatable bonds is 0. The molecule has 1 rings (SSSR count). The highest BCUT2D eigenvalue weighted by Crippen LogP contribution is 2.23. The fourth-order valence-corrected chi connectivity index (χ4v) is 1.16. The van der Waals surface area contributed by atoms with Crippen LogP contribution in [0.25, 0.3) is 0 Å². The Kier molecular flexibility index (Phi) is 2.19. The zero-order valence-corrected chi connectivity index (χ0v) is 7.54. The van der Waals surface area contributed by atoms with Crippen LogP contribution in [0.5, 0.6) is 0 Å². The van der Waals surface area contributed by atoms with E-state index in [1.807, 2.05) is 25.1 Å². The Hall–Kier alpha value is 0.0500. The third-order valence-corrected chi connectivity index (χ3v) is 2.90. The second-order valence-electron chi connectivity index (χ2n) is 1.91. The summed E-state index contributed by atoms with van der Waals surface area (Å²) in [6.45, 7) is 2.05. The topological polar surface area (TPSA) is 0 Å². The van der Waals surface area contributed by atoms with Gasteiger partial charge in [-0.2, -0.15) is 0 Å². The molecule has 0 N–H and O–H groups in total. The van der Waals surface area contributed by atoms with Crippen molar-refractivity contribution in [3.63, 3.8) is 0 Å². The number of halogens is 1. The highest BCUT2D eigenvalue weighted by atomic mass is 79.9. The lowest BCUT2D eigenvalue weighted by molar-refractivity contribution is 1.32. The molecule has 0 aromatic heterocycles. The van der Waals surface area contributed by atoms with Crippen LogP contribution in [0.3, 0.4) is 0 Å². The van der Waals surface area contributed by atoms with Crippen molar-refractivity contribution >= 4 is 28.6 Å². The van der Waals surface area contributed by atoms with Gasteiger partial charge in [0.1, 0.15) is 0 Å². The van der Waals surface area contributed by atoms with Gasteiger partial charge in [-0.3, -0.25) is 0 Å². The summed E-state index contributed by atoms with van der Waals surface area (Å²) in [5, 5.41) is 0. The van der Waals surface area contributed by atoms with E-state index in [0.29, 0.717) is 0 Å². The first-order valence-electron chi connectivity index (χ1n) is 2.66. The van der Waals surface area contributed by atoms with Gasteiger partial charge >= 0.3 is 0 Å². The molecule has 0 spiro atoms. The monoisotopic (exact) mass is 202 g/mol. The van der Waals surface area contributed by atoms with Crippen LogP contribution in [-0.2, 0) is 0 Å². The van der Waals surface area contributed by atoms with E-state index < -0.39 is 0 Å². The minimum atomic E-state index is 0.995. The molecule has 0 aliphatic rings. The largest absolute Gasteiger partial charge is 0.142 e. The fraction of sp³-hybridized carbons (Fsp3) is 0.143. The van der Waals surface area contributed by atoms with Crippen LogP contribution >= 0.6 is 28.6 Å². The molecule has 0 nitrogen and oxygen atoms in total. The molecule has 0 radical (unpaired) electrons. The molecule has 48 valence electrons. The molecule has 2 heteroatoms. The maximum Gasteiger partial charge on any atom is 0.0337 e. The Morgan fingerprint density at radius 2 is 2.11 bits per heavy atom. The number of benzene rings is 1. The fourth-order valence-electron chi connectivity index (χ4n) is 0.632. The summed E-state index contributed by atoms with van der Waals surface area (Å²) in [5.41, 5.74) is 1.22. The molecule has 0 unspecified atom stereocenters. The summed E-state index contributed by atoms with van der Waals surface area (Å²) in [7, 11) is 0. The molecule has 1 aromatic carbocycles. The summed E-state index contributed by atoms with van der Waals surface area (Å²) < 4.78 is 1.09. The Morgan fingerprint density at radius 3 is 2.56 bits per heavy atom. The van der Waals surface area contributed by atoms with Gasteiger partial charge in [-0.25, -0.2) is 0 Å². The minimum Gasteiger partial charge on any atom is -0.142 e. The van der Waals surface area contributed by atoms with Crippen molar-refractivity contribution in [3.8, 4) is 0 Å².